The molecule has 0 aliphatic carbocycles. The molecule has 0 aromatic heterocycles. The number of carboxylic acid groups (broad SMARTS) is 1. The number of anilines is 1. The van der Waals surface area contributed by atoms with E-state index >= 15 is 0 Å². The highest BCUT2D eigenvalue weighted by atomic mass is 16.4. The Morgan fingerprint density at radius 3 is 2.78 bits per heavy atom. The van der Waals surface area contributed by atoms with Gasteiger partial charge in [0.25, 0.3) is 0 Å². The molecule has 4 heteroatoms. The number of rotatable bonds is 3. The zero-order chi connectivity index (χ0) is 13.1. The minimum Gasteiger partial charge on any atom is -0.481 e. The van der Waals surface area contributed by atoms with E-state index in [2.05, 4.69) is 28.9 Å². The molecule has 2 rings (SSSR count). The number of aliphatic carboxylic acids is 1. The van der Waals surface area contributed by atoms with Crippen LogP contribution in [0.5, 0.6) is 0 Å². The average Bonchev–Trinajstić information content (AvgIpc) is 2.32. The van der Waals surface area contributed by atoms with E-state index in [9.17, 15) is 4.79 Å². The average molecular weight is 248 g/mol. The third kappa shape index (κ3) is 2.82. The fourth-order valence-electron chi connectivity index (χ4n) is 2.51. The van der Waals surface area contributed by atoms with Crippen molar-refractivity contribution in [3.63, 3.8) is 0 Å². The molecule has 1 aromatic rings. The number of para-hydroxylation sites is 1. The maximum Gasteiger partial charge on any atom is 0.305 e. The number of likely N-dealkylation sites (N-methyl/N-ethyl adjacent to an activating group) is 1. The van der Waals surface area contributed by atoms with Gasteiger partial charge in [0.15, 0.2) is 0 Å². The number of hydrogen-bond acceptors (Lipinski definition) is 3. The van der Waals surface area contributed by atoms with E-state index in [1.165, 1.54) is 11.3 Å². The molecule has 1 aliphatic rings. The summed E-state index contributed by atoms with van der Waals surface area (Å²) in [7, 11) is 2.00. The van der Waals surface area contributed by atoms with E-state index in [0.717, 1.165) is 19.6 Å². The number of benzene rings is 1. The van der Waals surface area contributed by atoms with Gasteiger partial charge >= 0.3 is 5.97 Å². The van der Waals surface area contributed by atoms with Gasteiger partial charge in [0.1, 0.15) is 0 Å². The van der Waals surface area contributed by atoms with E-state index in [1.807, 2.05) is 19.2 Å². The van der Waals surface area contributed by atoms with Crippen molar-refractivity contribution in [2.24, 2.45) is 0 Å². The standard InChI is InChI=1S/C14H20N2O2/c1-11-5-3-4-6-13(11)16-8-7-15(2)12(10-16)9-14(17)18/h3-6,12H,7-10H2,1-2H3,(H,17,18). The molecule has 1 aromatic carbocycles. The van der Waals surface area contributed by atoms with Crippen LogP contribution < -0.4 is 4.90 Å². The summed E-state index contributed by atoms with van der Waals surface area (Å²) >= 11 is 0. The van der Waals surface area contributed by atoms with Gasteiger partial charge in [-0.3, -0.25) is 9.69 Å². The van der Waals surface area contributed by atoms with Crippen LogP contribution in [0.25, 0.3) is 0 Å². The van der Waals surface area contributed by atoms with Crippen LogP contribution in [0.1, 0.15) is 12.0 Å². The molecule has 1 unspecified atom stereocenters. The molecule has 1 N–H and O–H groups in total. The molecule has 0 radical (unpaired) electrons. The third-order valence-electron chi connectivity index (χ3n) is 3.64. The molecule has 0 amide bonds. The van der Waals surface area contributed by atoms with Crippen LogP contribution in [0, 0.1) is 6.92 Å². The number of piperazine rings is 1. The summed E-state index contributed by atoms with van der Waals surface area (Å²) in [4.78, 5) is 15.3. The van der Waals surface area contributed by atoms with Crippen molar-refractivity contribution in [3.8, 4) is 0 Å². The van der Waals surface area contributed by atoms with Crippen molar-refractivity contribution in [1.82, 2.24) is 4.90 Å². The summed E-state index contributed by atoms with van der Waals surface area (Å²) in [5.41, 5.74) is 2.47. The van der Waals surface area contributed by atoms with E-state index in [-0.39, 0.29) is 12.5 Å². The largest absolute Gasteiger partial charge is 0.481 e. The van der Waals surface area contributed by atoms with Gasteiger partial charge in [-0.2, -0.15) is 0 Å². The Kier molecular flexibility index (Phi) is 3.87. The van der Waals surface area contributed by atoms with Crippen LogP contribution in [-0.4, -0.2) is 48.7 Å². The lowest BCUT2D eigenvalue weighted by Crippen LogP contribution is -2.52. The SMILES string of the molecule is Cc1ccccc1N1CCN(C)C(CC(=O)O)C1. The molecule has 18 heavy (non-hydrogen) atoms. The molecule has 0 saturated carbocycles. The second kappa shape index (κ2) is 5.40. The fourth-order valence-corrected chi connectivity index (χ4v) is 2.51. The Morgan fingerprint density at radius 1 is 1.39 bits per heavy atom. The molecule has 1 aliphatic heterocycles. The molecular weight excluding hydrogens is 228 g/mol. The number of hydrogen-bond donors (Lipinski definition) is 1. The smallest absolute Gasteiger partial charge is 0.305 e. The van der Waals surface area contributed by atoms with E-state index in [0.29, 0.717) is 0 Å². The maximum atomic E-state index is 10.9. The topological polar surface area (TPSA) is 43.8 Å². The number of aryl methyl sites for hydroxylation is 1. The molecule has 1 atom stereocenters. The summed E-state index contributed by atoms with van der Waals surface area (Å²) in [6, 6.07) is 8.37. The van der Waals surface area contributed by atoms with E-state index in [4.69, 9.17) is 5.11 Å². The van der Waals surface area contributed by atoms with Gasteiger partial charge in [-0.15, -0.1) is 0 Å². The lowest BCUT2D eigenvalue weighted by Gasteiger charge is -2.40. The quantitative estimate of drug-likeness (QED) is 0.882. The summed E-state index contributed by atoms with van der Waals surface area (Å²) in [6.45, 7) is 4.75. The predicted molar refractivity (Wildman–Crippen MR) is 72.1 cm³/mol. The van der Waals surface area contributed by atoms with Crippen LogP contribution >= 0.6 is 0 Å². The highest BCUT2D eigenvalue weighted by Gasteiger charge is 2.26. The van der Waals surface area contributed by atoms with Gasteiger partial charge in [-0.05, 0) is 25.6 Å². The highest BCUT2D eigenvalue weighted by Crippen LogP contribution is 2.23. The summed E-state index contributed by atoms with van der Waals surface area (Å²) < 4.78 is 0. The third-order valence-corrected chi connectivity index (χ3v) is 3.64. The lowest BCUT2D eigenvalue weighted by molar-refractivity contribution is -0.138. The van der Waals surface area contributed by atoms with Gasteiger partial charge in [0, 0.05) is 31.4 Å². The molecule has 0 spiro atoms. The molecule has 1 heterocycles. The van der Waals surface area contributed by atoms with Gasteiger partial charge in [0.05, 0.1) is 6.42 Å². The van der Waals surface area contributed by atoms with Crippen molar-refractivity contribution < 1.29 is 9.90 Å². The maximum absolute atomic E-state index is 10.9. The Bertz CT molecular complexity index is 434. The first-order valence-electron chi connectivity index (χ1n) is 6.30. The normalized spacial score (nSPS) is 21.0. The first kappa shape index (κ1) is 12.9. The van der Waals surface area contributed by atoms with Crippen LogP contribution in [-0.2, 0) is 4.79 Å². The number of carbonyl (C=O) groups is 1. The predicted octanol–water partition coefficient (Wildman–Crippen LogP) is 1.59. The molecule has 0 bridgehead atoms. The first-order valence-corrected chi connectivity index (χ1v) is 6.30. The second-order valence-electron chi connectivity index (χ2n) is 4.96. The highest BCUT2D eigenvalue weighted by molar-refractivity contribution is 5.68. The summed E-state index contributed by atoms with van der Waals surface area (Å²) in [5, 5.41) is 8.95. The first-order chi connectivity index (χ1) is 8.58. The summed E-state index contributed by atoms with van der Waals surface area (Å²) in [5.74, 6) is -0.724. The Morgan fingerprint density at radius 2 is 2.11 bits per heavy atom. The van der Waals surface area contributed by atoms with E-state index in [1.54, 1.807) is 0 Å². The van der Waals surface area contributed by atoms with Gasteiger partial charge in [0.2, 0.25) is 0 Å². The molecule has 4 nitrogen and oxygen atoms in total. The minimum atomic E-state index is -0.724. The monoisotopic (exact) mass is 248 g/mol. The van der Waals surface area contributed by atoms with Gasteiger partial charge in [-0.1, -0.05) is 18.2 Å². The van der Waals surface area contributed by atoms with Crippen LogP contribution in [0.4, 0.5) is 5.69 Å². The molecule has 98 valence electrons. The molecular formula is C14H20N2O2. The fraction of sp³-hybridized carbons (Fsp3) is 0.500. The van der Waals surface area contributed by atoms with Crippen molar-refractivity contribution in [1.29, 1.82) is 0 Å². The van der Waals surface area contributed by atoms with Crippen molar-refractivity contribution in [3.05, 3.63) is 29.8 Å². The van der Waals surface area contributed by atoms with Crippen molar-refractivity contribution in [2.45, 2.75) is 19.4 Å². The van der Waals surface area contributed by atoms with Gasteiger partial charge < -0.3 is 10.0 Å². The second-order valence-corrected chi connectivity index (χ2v) is 4.96. The molecule has 1 fully saturated rings. The Labute approximate surface area is 108 Å². The Hall–Kier alpha value is -1.55. The zero-order valence-electron chi connectivity index (χ0n) is 11.0. The van der Waals surface area contributed by atoms with E-state index < -0.39 is 5.97 Å². The summed E-state index contributed by atoms with van der Waals surface area (Å²) in [6.07, 6.45) is 0.207. The number of nitrogens with zero attached hydrogens (tertiary/aromatic N) is 2. The number of carboxylic acids is 1. The minimum absolute atomic E-state index is 0.0934. The van der Waals surface area contributed by atoms with Crippen LogP contribution in [0.15, 0.2) is 24.3 Å². The molecule has 1 saturated heterocycles. The lowest BCUT2D eigenvalue weighted by atomic mass is 10.1. The van der Waals surface area contributed by atoms with Crippen molar-refractivity contribution >= 4 is 11.7 Å². The van der Waals surface area contributed by atoms with Crippen LogP contribution in [0.2, 0.25) is 0 Å². The van der Waals surface area contributed by atoms with Crippen molar-refractivity contribution in [2.75, 3.05) is 31.6 Å². The zero-order valence-corrected chi connectivity index (χ0v) is 11.0. The Balaban J connectivity index is 2.12. The van der Waals surface area contributed by atoms with Gasteiger partial charge in [-0.25, -0.2) is 0 Å². The van der Waals surface area contributed by atoms with Crippen LogP contribution in [0.3, 0.4) is 0 Å².